The highest BCUT2D eigenvalue weighted by atomic mass is 16.5. The third kappa shape index (κ3) is 3.39. The predicted octanol–water partition coefficient (Wildman–Crippen LogP) is 2.47. The van der Waals surface area contributed by atoms with E-state index in [9.17, 15) is 5.11 Å². The van der Waals surface area contributed by atoms with Crippen LogP contribution in [0.3, 0.4) is 0 Å². The number of methoxy groups -OCH3 is 1. The maximum atomic E-state index is 9.38. The SMILES string of the molecule is COc1ccc(CO)cc1OCc1cccc(O)c1. The van der Waals surface area contributed by atoms with Gasteiger partial charge in [-0.25, -0.2) is 0 Å². The van der Waals surface area contributed by atoms with Gasteiger partial charge >= 0.3 is 0 Å². The van der Waals surface area contributed by atoms with Gasteiger partial charge in [0.25, 0.3) is 0 Å². The molecule has 0 aliphatic rings. The average molecular weight is 260 g/mol. The lowest BCUT2D eigenvalue weighted by molar-refractivity contribution is 0.271. The van der Waals surface area contributed by atoms with Gasteiger partial charge in [-0.1, -0.05) is 18.2 Å². The molecule has 0 spiro atoms. The summed E-state index contributed by atoms with van der Waals surface area (Å²) in [6, 6.07) is 12.1. The lowest BCUT2D eigenvalue weighted by Gasteiger charge is -2.12. The summed E-state index contributed by atoms with van der Waals surface area (Å²) in [4.78, 5) is 0. The van der Waals surface area contributed by atoms with Gasteiger partial charge in [0.15, 0.2) is 11.5 Å². The summed E-state index contributed by atoms with van der Waals surface area (Å²) in [6.07, 6.45) is 0. The molecule has 0 aliphatic heterocycles. The molecule has 2 N–H and O–H groups in total. The van der Waals surface area contributed by atoms with Crippen LogP contribution in [-0.4, -0.2) is 17.3 Å². The number of aromatic hydroxyl groups is 1. The zero-order valence-corrected chi connectivity index (χ0v) is 10.7. The lowest BCUT2D eigenvalue weighted by Crippen LogP contribution is -1.98. The molecule has 0 fully saturated rings. The second-order valence-corrected chi connectivity index (χ2v) is 4.10. The van der Waals surface area contributed by atoms with Crippen molar-refractivity contribution in [1.29, 1.82) is 0 Å². The quantitative estimate of drug-likeness (QED) is 0.867. The smallest absolute Gasteiger partial charge is 0.162 e. The van der Waals surface area contributed by atoms with Crippen LogP contribution in [0, 0.1) is 0 Å². The molecule has 0 heterocycles. The monoisotopic (exact) mass is 260 g/mol. The van der Waals surface area contributed by atoms with E-state index in [0.29, 0.717) is 18.1 Å². The maximum absolute atomic E-state index is 9.38. The third-order valence-corrected chi connectivity index (χ3v) is 2.72. The summed E-state index contributed by atoms with van der Waals surface area (Å²) < 4.78 is 10.9. The van der Waals surface area contributed by atoms with Gasteiger partial charge in [-0.15, -0.1) is 0 Å². The second kappa shape index (κ2) is 6.11. The van der Waals surface area contributed by atoms with E-state index in [1.54, 1.807) is 43.5 Å². The number of hydrogen-bond donors (Lipinski definition) is 2. The molecular formula is C15H16O4. The van der Waals surface area contributed by atoms with Gasteiger partial charge < -0.3 is 19.7 Å². The Hall–Kier alpha value is -2.20. The van der Waals surface area contributed by atoms with Crippen LogP contribution < -0.4 is 9.47 Å². The topological polar surface area (TPSA) is 58.9 Å². The molecule has 0 saturated carbocycles. The average Bonchev–Trinajstić information content (AvgIpc) is 2.45. The number of phenolic OH excluding ortho intramolecular Hbond substituents is 1. The Bertz CT molecular complexity index is 552. The van der Waals surface area contributed by atoms with Crippen LogP contribution >= 0.6 is 0 Å². The number of benzene rings is 2. The molecule has 2 rings (SSSR count). The molecule has 4 heteroatoms. The van der Waals surface area contributed by atoms with Crippen LogP contribution in [0.25, 0.3) is 0 Å². The van der Waals surface area contributed by atoms with Crippen LogP contribution in [-0.2, 0) is 13.2 Å². The van der Waals surface area contributed by atoms with Crippen molar-refractivity contribution in [1.82, 2.24) is 0 Å². The summed E-state index contributed by atoms with van der Waals surface area (Å²) in [5.74, 6) is 1.38. The standard InChI is InChI=1S/C15H16O4/c1-18-14-6-5-11(9-16)8-15(14)19-10-12-3-2-4-13(17)7-12/h2-8,16-17H,9-10H2,1H3. The zero-order valence-electron chi connectivity index (χ0n) is 10.7. The molecule has 0 bridgehead atoms. The molecule has 0 aromatic heterocycles. The molecule has 4 nitrogen and oxygen atoms in total. The minimum absolute atomic E-state index is 0.0491. The summed E-state index contributed by atoms with van der Waals surface area (Å²) in [5, 5.41) is 18.5. The van der Waals surface area contributed by atoms with E-state index >= 15 is 0 Å². The van der Waals surface area contributed by atoms with Crippen molar-refractivity contribution in [2.24, 2.45) is 0 Å². The minimum atomic E-state index is -0.0491. The summed E-state index contributed by atoms with van der Waals surface area (Å²) in [6.45, 7) is 0.270. The van der Waals surface area contributed by atoms with Crippen LogP contribution in [0.5, 0.6) is 17.2 Å². The number of aliphatic hydroxyl groups excluding tert-OH is 1. The molecule has 0 saturated heterocycles. The van der Waals surface area contributed by atoms with Crippen molar-refractivity contribution in [3.05, 3.63) is 53.6 Å². The fourth-order valence-electron chi connectivity index (χ4n) is 1.74. The molecule has 0 aliphatic carbocycles. The first-order valence-corrected chi connectivity index (χ1v) is 5.91. The molecule has 2 aromatic rings. The first-order valence-electron chi connectivity index (χ1n) is 5.91. The highest BCUT2D eigenvalue weighted by Crippen LogP contribution is 2.29. The van der Waals surface area contributed by atoms with E-state index < -0.39 is 0 Å². The van der Waals surface area contributed by atoms with Gasteiger partial charge in [-0.2, -0.15) is 0 Å². The van der Waals surface area contributed by atoms with Crippen molar-refractivity contribution >= 4 is 0 Å². The third-order valence-electron chi connectivity index (χ3n) is 2.72. The second-order valence-electron chi connectivity index (χ2n) is 4.10. The van der Waals surface area contributed by atoms with Gasteiger partial charge in [0, 0.05) is 0 Å². The summed E-state index contributed by atoms with van der Waals surface area (Å²) >= 11 is 0. The first-order chi connectivity index (χ1) is 9.22. The van der Waals surface area contributed by atoms with E-state index in [4.69, 9.17) is 14.6 Å². The zero-order chi connectivity index (χ0) is 13.7. The highest BCUT2D eigenvalue weighted by Gasteiger charge is 2.06. The Balaban J connectivity index is 2.14. The van der Waals surface area contributed by atoms with Crippen LogP contribution in [0.4, 0.5) is 0 Å². The Morgan fingerprint density at radius 3 is 2.53 bits per heavy atom. The molecule has 2 aromatic carbocycles. The lowest BCUT2D eigenvalue weighted by atomic mass is 10.2. The highest BCUT2D eigenvalue weighted by molar-refractivity contribution is 5.43. The van der Waals surface area contributed by atoms with E-state index in [1.807, 2.05) is 6.07 Å². The molecular weight excluding hydrogens is 244 g/mol. The number of aliphatic hydroxyl groups is 1. The van der Waals surface area contributed by atoms with Crippen molar-refractivity contribution in [3.8, 4) is 17.2 Å². The van der Waals surface area contributed by atoms with E-state index in [1.165, 1.54) is 0 Å². The summed E-state index contributed by atoms with van der Waals surface area (Å²) in [7, 11) is 1.56. The van der Waals surface area contributed by atoms with E-state index in [0.717, 1.165) is 11.1 Å². The predicted molar refractivity (Wildman–Crippen MR) is 71.4 cm³/mol. The Kier molecular flexibility index (Phi) is 4.26. The van der Waals surface area contributed by atoms with E-state index in [2.05, 4.69) is 0 Å². The summed E-state index contributed by atoms with van der Waals surface area (Å²) in [5.41, 5.74) is 1.61. The van der Waals surface area contributed by atoms with Gasteiger partial charge in [0.05, 0.1) is 13.7 Å². The number of rotatable bonds is 5. The number of phenols is 1. The normalized spacial score (nSPS) is 10.2. The molecule has 19 heavy (non-hydrogen) atoms. The van der Waals surface area contributed by atoms with Crippen molar-refractivity contribution in [3.63, 3.8) is 0 Å². The molecule has 100 valence electrons. The van der Waals surface area contributed by atoms with E-state index in [-0.39, 0.29) is 12.4 Å². The molecule has 0 unspecified atom stereocenters. The first kappa shape index (κ1) is 13.2. The van der Waals surface area contributed by atoms with Crippen LogP contribution in [0.15, 0.2) is 42.5 Å². The minimum Gasteiger partial charge on any atom is -0.508 e. The number of hydrogen-bond acceptors (Lipinski definition) is 4. The molecule has 0 amide bonds. The van der Waals surface area contributed by atoms with Crippen LogP contribution in [0.1, 0.15) is 11.1 Å². The van der Waals surface area contributed by atoms with Gasteiger partial charge in [-0.3, -0.25) is 0 Å². The van der Waals surface area contributed by atoms with Crippen molar-refractivity contribution in [2.45, 2.75) is 13.2 Å². The van der Waals surface area contributed by atoms with Crippen molar-refractivity contribution < 1.29 is 19.7 Å². The number of ether oxygens (including phenoxy) is 2. The van der Waals surface area contributed by atoms with Gasteiger partial charge in [0.2, 0.25) is 0 Å². The Morgan fingerprint density at radius 1 is 1.00 bits per heavy atom. The van der Waals surface area contributed by atoms with Gasteiger partial charge in [0.1, 0.15) is 12.4 Å². The fraction of sp³-hybridized carbons (Fsp3) is 0.200. The molecule has 0 atom stereocenters. The Morgan fingerprint density at radius 2 is 1.84 bits per heavy atom. The fourth-order valence-corrected chi connectivity index (χ4v) is 1.74. The van der Waals surface area contributed by atoms with Gasteiger partial charge in [-0.05, 0) is 35.4 Å². The maximum Gasteiger partial charge on any atom is 0.162 e. The van der Waals surface area contributed by atoms with Crippen LogP contribution in [0.2, 0.25) is 0 Å². The Labute approximate surface area is 111 Å². The van der Waals surface area contributed by atoms with Crippen molar-refractivity contribution in [2.75, 3.05) is 7.11 Å². The largest absolute Gasteiger partial charge is 0.508 e. The molecule has 0 radical (unpaired) electrons.